The van der Waals surface area contributed by atoms with Crippen LogP contribution in [0.4, 0.5) is 0 Å². The van der Waals surface area contributed by atoms with Crippen LogP contribution in [0.1, 0.15) is 191 Å². The van der Waals surface area contributed by atoms with Crippen molar-refractivity contribution in [3.8, 4) is 0 Å². The summed E-state index contributed by atoms with van der Waals surface area (Å²) in [4.78, 5) is 12.5. The van der Waals surface area contributed by atoms with Gasteiger partial charge in [0.25, 0.3) is 0 Å². The van der Waals surface area contributed by atoms with Gasteiger partial charge in [-0.3, -0.25) is 4.79 Å². The van der Waals surface area contributed by atoms with Crippen LogP contribution in [0.25, 0.3) is 0 Å². The van der Waals surface area contributed by atoms with Gasteiger partial charge in [0, 0.05) is 219 Å². The Morgan fingerprint density at radius 2 is 1.07 bits per heavy atom. The Kier molecular flexibility index (Phi) is 41.0. The number of carbonyl (C=O) groups excluding carboxylic acids is 1. The summed E-state index contributed by atoms with van der Waals surface area (Å²) in [5.74, 6) is 3.98. The molecule has 0 heterocycles. The van der Waals surface area contributed by atoms with Gasteiger partial charge in [-0.05, 0) is 176 Å². The number of carbonyl (C=O) groups is 1. The summed E-state index contributed by atoms with van der Waals surface area (Å²) in [7, 11) is -0.896. The maximum atomic E-state index is 12.5. The summed E-state index contributed by atoms with van der Waals surface area (Å²) in [5, 5.41) is 62.4. The minimum absolute atomic E-state index is 0. The Balaban J connectivity index is 0.00000117. The molecule has 440 valence electrons. The number of hydrogen-bond acceptors (Lipinski definition) is 8. The van der Waals surface area contributed by atoms with Crippen LogP contribution in [0.15, 0.2) is 120 Å². The van der Waals surface area contributed by atoms with Gasteiger partial charge in [0.05, 0.1) is 50.4 Å². The molecule has 0 amide bonds. The zero-order chi connectivity index (χ0) is 55.6. The van der Waals surface area contributed by atoms with E-state index in [9.17, 15) is 35.4 Å². The summed E-state index contributed by atoms with van der Waals surface area (Å²) in [6.07, 6.45) is 24.3. The third-order valence-corrected chi connectivity index (χ3v) is 21.6. The first kappa shape index (κ1) is 85.6. The summed E-state index contributed by atoms with van der Waals surface area (Å²) < 4.78 is 6.22. The molecule has 6 fully saturated rings. The van der Waals surface area contributed by atoms with Gasteiger partial charge in [0.15, 0.2) is 0 Å². The number of aliphatic hydroxyl groups is 6. The van der Waals surface area contributed by atoms with Gasteiger partial charge in [0.2, 0.25) is 0 Å². The molecule has 6 saturated carbocycles. The normalized spacial score (nSPS) is 29.8. The second-order valence-electron chi connectivity index (χ2n) is 26.4. The van der Waals surface area contributed by atoms with Crippen molar-refractivity contribution in [1.29, 1.82) is 0 Å². The SMILES string of the molecule is C=C1[C@H](O)CC(=C/C=C2\CCC[C@]3(C)C([C@@H](C)CCCC(C)(C)O)CC[C@@H]23)C[C@H]1O.C=C1[C@H](O)CC(=CCOP(c2ccccc2)c2ccccc2)C[C@H]1O.C[C@@H](CCCC(C)(C)O)C1CC[C@@]2(C)C(=O)CCC[C@]12C.[Y].[Y].[Y].[Y].[Y].[Y]. The monoisotopic (exact) mass is 1600 g/mol. The zero-order valence-corrected chi connectivity index (χ0v) is 69.8. The summed E-state index contributed by atoms with van der Waals surface area (Å²) in [6, 6.07) is 20.4. The van der Waals surface area contributed by atoms with Crippen molar-refractivity contribution in [3.63, 3.8) is 0 Å². The smallest absolute Gasteiger partial charge is 0.139 e. The number of aliphatic hydroxyl groups excluding tert-OH is 4. The van der Waals surface area contributed by atoms with Crippen molar-refractivity contribution in [3.05, 3.63) is 120 Å². The quantitative estimate of drug-likeness (QED) is 0.0719. The number of rotatable bonds is 16. The van der Waals surface area contributed by atoms with Crippen LogP contribution < -0.4 is 10.6 Å². The minimum Gasteiger partial charge on any atom is -0.390 e. The van der Waals surface area contributed by atoms with E-state index in [1.54, 1.807) is 5.57 Å². The Bertz CT molecular complexity index is 2270. The van der Waals surface area contributed by atoms with Gasteiger partial charge in [-0.15, -0.1) is 0 Å². The van der Waals surface area contributed by atoms with Crippen molar-refractivity contribution in [2.45, 2.75) is 226 Å². The molecule has 2 aromatic rings. The molecule has 12 atom stereocenters. The van der Waals surface area contributed by atoms with E-state index >= 15 is 0 Å². The number of ketones is 1. The molecule has 6 aliphatic rings. The molecule has 6 radical (unpaired) electrons. The van der Waals surface area contributed by atoms with Crippen LogP contribution in [-0.2, 0) is 206 Å². The number of Topliss-reactive ketones (excluding diaryl/α,β-unsaturated/α-hetero) is 1. The summed E-state index contributed by atoms with van der Waals surface area (Å²) in [6.45, 7) is 27.6. The Morgan fingerprint density at radius 3 is 1.55 bits per heavy atom. The molecule has 0 saturated heterocycles. The number of hydrogen-bond donors (Lipinski definition) is 6. The topological polar surface area (TPSA) is 148 Å². The molecule has 6 N–H and O–H groups in total. The number of fused-ring (bicyclic) bond motifs is 2. The summed E-state index contributed by atoms with van der Waals surface area (Å²) in [5.41, 5.74) is 4.22. The van der Waals surface area contributed by atoms with E-state index in [1.807, 2.05) is 70.2 Å². The van der Waals surface area contributed by atoms with Gasteiger partial charge in [-0.25, -0.2) is 0 Å². The Labute approximate surface area is 649 Å². The van der Waals surface area contributed by atoms with E-state index in [0.717, 1.165) is 62.0 Å². The van der Waals surface area contributed by atoms with E-state index in [1.165, 1.54) is 68.4 Å². The van der Waals surface area contributed by atoms with Gasteiger partial charge >= 0.3 is 0 Å². The fourth-order valence-corrected chi connectivity index (χ4v) is 16.5. The first-order chi connectivity index (χ1) is 35.8. The maximum absolute atomic E-state index is 12.5. The predicted octanol–water partition coefficient (Wildman–Crippen LogP) is 13.5. The minimum atomic E-state index is -0.896. The van der Waals surface area contributed by atoms with E-state index in [4.69, 9.17) is 4.52 Å². The zero-order valence-electron chi connectivity index (χ0n) is 51.9. The molecule has 6 aliphatic carbocycles. The van der Waals surface area contributed by atoms with Crippen LogP contribution in [0.3, 0.4) is 0 Å². The maximum Gasteiger partial charge on any atom is 0.139 e. The number of allylic oxidation sites excluding steroid dienone is 3. The second kappa shape index (κ2) is 39.3. The van der Waals surface area contributed by atoms with Gasteiger partial charge in [0.1, 0.15) is 5.78 Å². The van der Waals surface area contributed by atoms with Gasteiger partial charge < -0.3 is 35.2 Å². The van der Waals surface area contributed by atoms with Crippen LogP contribution in [0.5, 0.6) is 0 Å². The molecule has 2 unspecified atom stereocenters. The largest absolute Gasteiger partial charge is 0.390 e. The Hall–Kier alpha value is 3.58. The molecule has 0 spiro atoms. The van der Waals surface area contributed by atoms with Crippen LogP contribution in [-0.4, -0.2) is 78.6 Å². The molecule has 8 nitrogen and oxygen atoms in total. The van der Waals surface area contributed by atoms with Crippen molar-refractivity contribution < 1.29 is 236 Å². The van der Waals surface area contributed by atoms with E-state index in [-0.39, 0.29) is 207 Å². The number of benzene rings is 2. The average molecular weight is 1600 g/mol. The van der Waals surface area contributed by atoms with Crippen molar-refractivity contribution in [1.82, 2.24) is 0 Å². The van der Waals surface area contributed by atoms with Crippen molar-refractivity contribution in [2.24, 2.45) is 45.8 Å². The van der Waals surface area contributed by atoms with E-state index < -0.39 is 43.8 Å². The fraction of sp³-hybridized carbons (Fsp3) is 0.657. The molecular formula is C67H101O8PY6. The molecule has 0 aliphatic heterocycles. The van der Waals surface area contributed by atoms with Crippen LogP contribution in [0.2, 0.25) is 0 Å². The second-order valence-corrected chi connectivity index (χ2v) is 28.2. The first-order valence-electron chi connectivity index (χ1n) is 29.4. The van der Waals surface area contributed by atoms with Gasteiger partial charge in [-0.2, -0.15) is 0 Å². The molecule has 15 heteroatoms. The molecule has 0 aromatic heterocycles. The predicted molar refractivity (Wildman–Crippen MR) is 315 cm³/mol. The van der Waals surface area contributed by atoms with Crippen LogP contribution in [0, 0.1) is 45.8 Å². The molecule has 82 heavy (non-hydrogen) atoms. The van der Waals surface area contributed by atoms with Crippen molar-refractivity contribution in [2.75, 3.05) is 6.61 Å². The molecule has 8 rings (SSSR count). The third-order valence-electron chi connectivity index (χ3n) is 19.7. The molecule has 0 bridgehead atoms. The third kappa shape index (κ3) is 23.9. The van der Waals surface area contributed by atoms with E-state index in [2.05, 4.69) is 84.2 Å². The first-order valence-corrected chi connectivity index (χ1v) is 30.7. The average Bonchev–Trinajstić information content (AvgIpc) is 3.87. The van der Waals surface area contributed by atoms with Gasteiger partial charge in [-0.1, -0.05) is 169 Å². The van der Waals surface area contributed by atoms with E-state index in [0.29, 0.717) is 78.3 Å². The van der Waals surface area contributed by atoms with Crippen molar-refractivity contribution >= 4 is 24.5 Å². The standard InChI is InChI=1S/C27H44O3.C21H23O3P.C19H34O2.6Y/c1-18(8-6-14-26(3,4)30)22-12-13-23-21(9-7-15-27(22,23)5)11-10-20-16-24(28)19(2)25(29)17-20;1-16-20(22)14-17(15-21(16)23)12-13-24-25(18-8-4-2-5-9-18)19-10-6-3-7-11-19;1-14(8-6-11-17(2,3)21)15-10-13-19(5)16(20)9-7-12-18(15,19)4;;;;;;/h10-11,18,22-25,28-30H,2,6-9,12-17H2,1,3-5H3;2-12,20-23H,1,13-15H2;14-15,21H,6-13H2,1-5H3;;;;;;/b21-11+;;;;;;;;/t18-,22?,23-,24+,25+,27+;20-,21-;14-,15?,18+,19-;;;;;;/m010....../s1. The molecule has 2 aromatic carbocycles. The fourth-order valence-electron chi connectivity index (χ4n) is 14.8. The summed E-state index contributed by atoms with van der Waals surface area (Å²) >= 11 is 0. The molecular weight excluding hydrogens is 1500 g/mol. The Morgan fingerprint density at radius 1 is 0.622 bits per heavy atom. The van der Waals surface area contributed by atoms with Crippen LogP contribution >= 0.6 is 8.15 Å².